The van der Waals surface area contributed by atoms with Gasteiger partial charge in [-0.2, -0.15) is 0 Å². The van der Waals surface area contributed by atoms with Gasteiger partial charge in [0.15, 0.2) is 0 Å². The van der Waals surface area contributed by atoms with Crippen LogP contribution < -0.4 is 0 Å². The monoisotopic (exact) mass is 336 g/mol. The second kappa shape index (κ2) is 6.05. The van der Waals surface area contributed by atoms with Gasteiger partial charge in [-0.3, -0.25) is 0 Å². The Bertz CT molecular complexity index is 726. The van der Waals surface area contributed by atoms with Crippen LogP contribution in [0.2, 0.25) is 0 Å². The SMILES string of the molecule is CO[C@@]1(O)[C@H](O)[C@@H](O)[C@](O)(c2cccc3ccccc23)O[C@@H]1CO. The van der Waals surface area contributed by atoms with E-state index < -0.39 is 36.5 Å². The van der Waals surface area contributed by atoms with Gasteiger partial charge in [0.25, 0.3) is 0 Å². The molecule has 0 unspecified atom stereocenters. The maximum absolute atomic E-state index is 11.0. The number of benzene rings is 2. The van der Waals surface area contributed by atoms with Gasteiger partial charge in [0.05, 0.1) is 6.61 Å². The number of rotatable bonds is 3. The zero-order chi connectivity index (χ0) is 17.5. The quantitative estimate of drug-likeness (QED) is 0.476. The highest BCUT2D eigenvalue weighted by atomic mass is 16.7. The smallest absolute Gasteiger partial charge is 0.224 e. The highest BCUT2D eigenvalue weighted by molar-refractivity contribution is 5.86. The van der Waals surface area contributed by atoms with E-state index in [-0.39, 0.29) is 5.56 Å². The molecular formula is C17H20O7. The predicted octanol–water partition coefficient (Wildman–Crippen LogP) is -0.567. The minimum Gasteiger partial charge on any atom is -0.393 e. The van der Waals surface area contributed by atoms with Gasteiger partial charge in [0.2, 0.25) is 11.6 Å². The summed E-state index contributed by atoms with van der Waals surface area (Å²) in [6.45, 7) is -0.735. The van der Waals surface area contributed by atoms with Crippen molar-refractivity contribution in [2.45, 2.75) is 29.9 Å². The molecule has 2 aromatic rings. The van der Waals surface area contributed by atoms with Crippen molar-refractivity contribution in [1.29, 1.82) is 0 Å². The molecule has 0 aromatic heterocycles. The number of ether oxygens (including phenoxy) is 2. The fraction of sp³-hybridized carbons (Fsp3) is 0.412. The molecule has 0 bridgehead atoms. The maximum atomic E-state index is 11.0. The number of hydrogen-bond acceptors (Lipinski definition) is 7. The summed E-state index contributed by atoms with van der Waals surface area (Å²) in [7, 11) is 1.10. The Morgan fingerprint density at radius 2 is 1.71 bits per heavy atom. The Morgan fingerprint density at radius 3 is 2.38 bits per heavy atom. The average molecular weight is 336 g/mol. The standard InChI is InChI=1S/C17H20O7/c1-23-17(22)13(9-18)24-16(21,14(19)15(17)20)12-8-4-6-10-5-2-3-7-11(10)12/h2-8,13-15,18-22H,9H2,1H3/t13-,14-,15-,16+,17-/m1/s1. The number of fused-ring (bicyclic) bond motifs is 1. The average Bonchev–Trinajstić information content (AvgIpc) is 2.62. The maximum Gasteiger partial charge on any atom is 0.224 e. The molecule has 0 radical (unpaired) electrons. The van der Waals surface area contributed by atoms with E-state index in [0.717, 1.165) is 12.5 Å². The third-order valence-corrected chi connectivity index (χ3v) is 4.58. The van der Waals surface area contributed by atoms with Gasteiger partial charge < -0.3 is 35.0 Å². The zero-order valence-electron chi connectivity index (χ0n) is 13.0. The molecule has 7 nitrogen and oxygen atoms in total. The molecule has 0 saturated carbocycles. The molecule has 0 amide bonds. The molecule has 24 heavy (non-hydrogen) atoms. The van der Waals surface area contributed by atoms with Crippen LogP contribution in [0.25, 0.3) is 10.8 Å². The summed E-state index contributed by atoms with van der Waals surface area (Å²) in [6.07, 6.45) is -5.28. The fourth-order valence-corrected chi connectivity index (χ4v) is 3.18. The molecule has 1 fully saturated rings. The van der Waals surface area contributed by atoms with Gasteiger partial charge >= 0.3 is 0 Å². The molecule has 7 heteroatoms. The molecule has 130 valence electrons. The van der Waals surface area contributed by atoms with Crippen molar-refractivity contribution < 1.29 is 35.0 Å². The van der Waals surface area contributed by atoms with E-state index in [9.17, 15) is 25.5 Å². The molecular weight excluding hydrogens is 316 g/mol. The van der Waals surface area contributed by atoms with Crippen LogP contribution in [0.5, 0.6) is 0 Å². The third-order valence-electron chi connectivity index (χ3n) is 4.58. The Morgan fingerprint density at radius 1 is 1.04 bits per heavy atom. The lowest BCUT2D eigenvalue weighted by Crippen LogP contribution is -2.71. The Balaban J connectivity index is 2.15. The van der Waals surface area contributed by atoms with Crippen LogP contribution in [0.15, 0.2) is 42.5 Å². The van der Waals surface area contributed by atoms with Crippen molar-refractivity contribution in [1.82, 2.24) is 0 Å². The van der Waals surface area contributed by atoms with Gasteiger partial charge in [-0.1, -0.05) is 42.5 Å². The number of aliphatic hydroxyl groups excluding tert-OH is 3. The van der Waals surface area contributed by atoms with Crippen LogP contribution in [0.4, 0.5) is 0 Å². The normalized spacial score (nSPS) is 36.8. The van der Waals surface area contributed by atoms with E-state index in [4.69, 9.17) is 9.47 Å². The zero-order valence-corrected chi connectivity index (χ0v) is 13.0. The largest absolute Gasteiger partial charge is 0.393 e. The first-order chi connectivity index (χ1) is 11.4. The number of hydrogen-bond donors (Lipinski definition) is 5. The number of methoxy groups -OCH3 is 1. The summed E-state index contributed by atoms with van der Waals surface area (Å²) in [4.78, 5) is 0. The molecule has 1 aliphatic rings. The van der Waals surface area contributed by atoms with Crippen LogP contribution in [0.3, 0.4) is 0 Å². The molecule has 5 atom stereocenters. The van der Waals surface area contributed by atoms with Crippen molar-refractivity contribution in [3.63, 3.8) is 0 Å². The summed E-state index contributed by atoms with van der Waals surface area (Å²) >= 11 is 0. The first kappa shape index (κ1) is 17.2. The summed E-state index contributed by atoms with van der Waals surface area (Å²) in [5.74, 6) is -4.69. The minimum atomic E-state index is -2.36. The lowest BCUT2D eigenvalue weighted by molar-refractivity contribution is -0.427. The van der Waals surface area contributed by atoms with Crippen molar-refractivity contribution in [3.8, 4) is 0 Å². The fourth-order valence-electron chi connectivity index (χ4n) is 3.18. The summed E-state index contributed by atoms with van der Waals surface area (Å²) < 4.78 is 10.3. The number of aliphatic hydroxyl groups is 5. The van der Waals surface area contributed by atoms with Gasteiger partial charge in [-0.25, -0.2) is 0 Å². The topological polar surface area (TPSA) is 120 Å². The lowest BCUT2D eigenvalue weighted by atomic mass is 9.84. The van der Waals surface area contributed by atoms with Crippen LogP contribution in [-0.4, -0.2) is 63.3 Å². The molecule has 5 N–H and O–H groups in total. The Labute approximate surface area is 138 Å². The predicted molar refractivity (Wildman–Crippen MR) is 83.8 cm³/mol. The molecule has 0 aliphatic carbocycles. The van der Waals surface area contributed by atoms with Crippen molar-refractivity contribution >= 4 is 10.8 Å². The van der Waals surface area contributed by atoms with Crippen LogP contribution in [-0.2, 0) is 15.3 Å². The molecule has 1 heterocycles. The van der Waals surface area contributed by atoms with Crippen LogP contribution in [0.1, 0.15) is 5.56 Å². The van der Waals surface area contributed by atoms with E-state index in [2.05, 4.69) is 0 Å². The lowest BCUT2D eigenvalue weighted by Gasteiger charge is -2.50. The molecule has 0 spiro atoms. The van der Waals surface area contributed by atoms with Crippen LogP contribution in [0, 0.1) is 0 Å². The van der Waals surface area contributed by atoms with Gasteiger partial charge in [0.1, 0.15) is 18.3 Å². The summed E-state index contributed by atoms with van der Waals surface area (Å²) in [5.41, 5.74) is 0.212. The third kappa shape index (κ3) is 2.34. The molecule has 2 aromatic carbocycles. The van der Waals surface area contributed by atoms with E-state index in [1.165, 1.54) is 0 Å². The van der Waals surface area contributed by atoms with E-state index in [0.29, 0.717) is 5.39 Å². The highest BCUT2D eigenvalue weighted by Gasteiger charge is 2.62. The van der Waals surface area contributed by atoms with E-state index in [1.807, 2.05) is 18.2 Å². The molecule has 1 aliphatic heterocycles. The van der Waals surface area contributed by atoms with Crippen LogP contribution >= 0.6 is 0 Å². The van der Waals surface area contributed by atoms with Gasteiger partial charge in [-0.05, 0) is 10.8 Å². The molecule has 3 rings (SSSR count). The Hall–Kier alpha value is -1.58. The van der Waals surface area contributed by atoms with E-state index >= 15 is 0 Å². The second-order valence-corrected chi connectivity index (χ2v) is 5.86. The molecule has 1 saturated heterocycles. The first-order valence-corrected chi connectivity index (χ1v) is 7.51. The highest BCUT2D eigenvalue weighted by Crippen LogP contribution is 2.42. The first-order valence-electron chi connectivity index (χ1n) is 7.51. The summed E-state index contributed by atoms with van der Waals surface area (Å²) in [6, 6.07) is 12.2. The van der Waals surface area contributed by atoms with Crippen molar-refractivity contribution in [2.24, 2.45) is 0 Å². The van der Waals surface area contributed by atoms with Crippen molar-refractivity contribution in [3.05, 3.63) is 48.0 Å². The second-order valence-electron chi connectivity index (χ2n) is 5.86. The minimum absolute atomic E-state index is 0.212. The van der Waals surface area contributed by atoms with Crippen molar-refractivity contribution in [2.75, 3.05) is 13.7 Å². The summed E-state index contributed by atoms with van der Waals surface area (Å²) in [5, 5.41) is 53.0. The van der Waals surface area contributed by atoms with E-state index in [1.54, 1.807) is 24.3 Å². The van der Waals surface area contributed by atoms with Gasteiger partial charge in [0, 0.05) is 12.7 Å². The Kier molecular flexibility index (Phi) is 4.35. The van der Waals surface area contributed by atoms with Gasteiger partial charge in [-0.15, -0.1) is 0 Å².